The average Bonchev–Trinajstić information content (AvgIpc) is 3.27. The van der Waals surface area contributed by atoms with Crippen molar-refractivity contribution in [3.05, 3.63) is 63.2 Å². The van der Waals surface area contributed by atoms with Crippen molar-refractivity contribution in [2.24, 2.45) is 5.92 Å². The third-order valence-corrected chi connectivity index (χ3v) is 8.44. The van der Waals surface area contributed by atoms with Crippen LogP contribution in [0.4, 0.5) is 4.79 Å². The topological polar surface area (TPSA) is 109 Å². The van der Waals surface area contributed by atoms with Gasteiger partial charge in [-0.15, -0.1) is 0 Å². The lowest BCUT2D eigenvalue weighted by molar-refractivity contribution is 0.0390. The molecule has 10 nitrogen and oxygen atoms in total. The minimum atomic E-state index is -0.275. The molecule has 2 aromatic heterocycles. The third kappa shape index (κ3) is 5.32. The molecule has 2 aliphatic heterocycles. The number of ether oxygens (including phenoxy) is 2. The summed E-state index contributed by atoms with van der Waals surface area (Å²) in [5.74, 6) is 0.593. The van der Waals surface area contributed by atoms with Gasteiger partial charge in [0.15, 0.2) is 0 Å². The lowest BCUT2D eigenvalue weighted by Gasteiger charge is -2.39. The van der Waals surface area contributed by atoms with Gasteiger partial charge in [0, 0.05) is 54.5 Å². The minimum absolute atomic E-state index is 0.0573. The van der Waals surface area contributed by atoms with E-state index < -0.39 is 0 Å². The van der Waals surface area contributed by atoms with Crippen LogP contribution in [0.1, 0.15) is 53.1 Å². The minimum Gasteiger partial charge on any atom is -0.496 e. The molecule has 0 saturated carbocycles. The zero-order valence-corrected chi connectivity index (χ0v) is 23.8. The summed E-state index contributed by atoms with van der Waals surface area (Å²) in [6, 6.07) is 9.97. The zero-order chi connectivity index (χ0) is 28.4. The largest absolute Gasteiger partial charge is 0.496 e. The van der Waals surface area contributed by atoms with Crippen LogP contribution in [-0.2, 0) is 11.3 Å². The fourth-order valence-corrected chi connectivity index (χ4v) is 6.23. The molecule has 0 spiro atoms. The first-order valence-corrected chi connectivity index (χ1v) is 14.1. The number of nitrogens with one attached hydrogen (secondary N) is 2. The lowest BCUT2D eigenvalue weighted by atomic mass is 9.90. The molecule has 4 heterocycles. The highest BCUT2D eigenvalue weighted by molar-refractivity contribution is 6.08. The van der Waals surface area contributed by atoms with E-state index in [1.54, 1.807) is 13.0 Å². The lowest BCUT2D eigenvalue weighted by Crippen LogP contribution is -2.50. The molecule has 1 atom stereocenters. The highest BCUT2D eigenvalue weighted by Crippen LogP contribution is 2.36. The normalized spacial score (nSPS) is 17.2. The molecule has 2 N–H and O–H groups in total. The van der Waals surface area contributed by atoms with Gasteiger partial charge in [0.1, 0.15) is 5.75 Å². The number of benzene rings is 1. The predicted octanol–water partition coefficient (Wildman–Crippen LogP) is 3.61. The molecule has 40 heavy (non-hydrogen) atoms. The van der Waals surface area contributed by atoms with E-state index in [0.29, 0.717) is 54.8 Å². The van der Waals surface area contributed by atoms with Gasteiger partial charge in [-0.05, 0) is 51.7 Å². The second kappa shape index (κ2) is 11.8. The molecule has 0 unspecified atom stereocenters. The van der Waals surface area contributed by atoms with Crippen molar-refractivity contribution in [3.8, 4) is 5.75 Å². The van der Waals surface area contributed by atoms with Crippen molar-refractivity contribution in [2.75, 3.05) is 46.5 Å². The van der Waals surface area contributed by atoms with Crippen molar-refractivity contribution in [1.82, 2.24) is 24.7 Å². The number of aromatic nitrogens is 2. The number of carbonyl (C=O) groups excluding carboxylic acids is 2. The summed E-state index contributed by atoms with van der Waals surface area (Å²) in [7, 11) is 1.52. The number of pyridine rings is 1. The first-order chi connectivity index (χ1) is 19.3. The number of rotatable bonds is 6. The molecule has 3 aromatic rings. The van der Waals surface area contributed by atoms with E-state index in [0.717, 1.165) is 42.5 Å². The van der Waals surface area contributed by atoms with E-state index in [2.05, 4.69) is 27.9 Å². The van der Waals surface area contributed by atoms with Gasteiger partial charge in [0.05, 0.1) is 38.0 Å². The molecular weight excluding hydrogens is 510 g/mol. The Kier molecular flexibility index (Phi) is 8.16. The van der Waals surface area contributed by atoms with Gasteiger partial charge in [-0.2, -0.15) is 0 Å². The van der Waals surface area contributed by atoms with Crippen LogP contribution in [0.5, 0.6) is 5.75 Å². The number of urea groups is 1. The summed E-state index contributed by atoms with van der Waals surface area (Å²) in [5, 5.41) is 3.84. The Hall–Kier alpha value is -3.79. The van der Waals surface area contributed by atoms with Crippen LogP contribution in [-0.4, -0.2) is 77.8 Å². The van der Waals surface area contributed by atoms with Gasteiger partial charge in [0.25, 0.3) is 11.5 Å². The van der Waals surface area contributed by atoms with Crippen LogP contribution in [0.3, 0.4) is 0 Å². The van der Waals surface area contributed by atoms with Crippen LogP contribution in [0.2, 0.25) is 0 Å². The van der Waals surface area contributed by atoms with Gasteiger partial charge >= 0.3 is 6.03 Å². The number of para-hydroxylation sites is 1. The molecular formula is C30H39N5O5. The van der Waals surface area contributed by atoms with E-state index in [1.165, 1.54) is 7.11 Å². The molecule has 0 radical (unpaired) electrons. The number of fused-ring (bicyclic) bond motifs is 1. The summed E-state index contributed by atoms with van der Waals surface area (Å²) in [6.07, 6.45) is 1.81. The third-order valence-electron chi connectivity index (χ3n) is 8.44. The van der Waals surface area contributed by atoms with Gasteiger partial charge in [-0.1, -0.05) is 18.2 Å². The molecule has 0 aliphatic carbocycles. The number of aromatic amines is 1. The van der Waals surface area contributed by atoms with Crippen LogP contribution in [0, 0.1) is 19.8 Å². The summed E-state index contributed by atoms with van der Waals surface area (Å²) in [6.45, 7) is 10.0. The van der Waals surface area contributed by atoms with Crippen LogP contribution in [0.15, 0.2) is 35.1 Å². The maximum Gasteiger partial charge on any atom is 0.320 e. The average molecular weight is 550 g/mol. The number of morpholine rings is 1. The monoisotopic (exact) mass is 549 g/mol. The molecule has 10 heteroatoms. The van der Waals surface area contributed by atoms with Crippen LogP contribution in [0.25, 0.3) is 10.9 Å². The second-order valence-electron chi connectivity index (χ2n) is 10.8. The molecule has 0 bridgehead atoms. The number of amides is 3. The van der Waals surface area contributed by atoms with Crippen molar-refractivity contribution in [2.45, 2.75) is 46.2 Å². The Bertz CT molecular complexity index is 1450. The molecule has 2 aliphatic rings. The molecule has 3 amide bonds. The number of hydrogen-bond donors (Lipinski definition) is 2. The van der Waals surface area contributed by atoms with Crippen molar-refractivity contribution in [1.29, 1.82) is 0 Å². The highest BCUT2D eigenvalue weighted by atomic mass is 16.5. The zero-order valence-electron chi connectivity index (χ0n) is 23.8. The van der Waals surface area contributed by atoms with E-state index in [9.17, 15) is 14.4 Å². The number of nitrogens with zero attached hydrogens (tertiary/aromatic N) is 3. The first-order valence-electron chi connectivity index (χ1n) is 14.1. The van der Waals surface area contributed by atoms with E-state index >= 15 is 0 Å². The Morgan fingerprint density at radius 3 is 2.48 bits per heavy atom. The molecule has 1 aromatic carbocycles. The smallest absolute Gasteiger partial charge is 0.320 e. The van der Waals surface area contributed by atoms with Crippen molar-refractivity contribution >= 4 is 22.8 Å². The van der Waals surface area contributed by atoms with E-state index in [-0.39, 0.29) is 30.1 Å². The molecule has 2 saturated heterocycles. The quantitative estimate of drug-likeness (QED) is 0.488. The SMILES string of the molecule is COc1cc(C)[nH]c(=O)c1CNC(=O)c1c(C)n([C@H](C)C2CCN(C(=O)N3CCOCC3)CC2)c2ccccc12. The molecule has 2 fully saturated rings. The predicted molar refractivity (Wildman–Crippen MR) is 153 cm³/mol. The number of hydrogen-bond acceptors (Lipinski definition) is 5. The Labute approximate surface area is 234 Å². The summed E-state index contributed by atoms with van der Waals surface area (Å²) in [4.78, 5) is 45.7. The van der Waals surface area contributed by atoms with Gasteiger partial charge in [0.2, 0.25) is 0 Å². The first kappa shape index (κ1) is 27.8. The van der Waals surface area contributed by atoms with E-state index in [4.69, 9.17) is 9.47 Å². The fourth-order valence-electron chi connectivity index (χ4n) is 6.23. The van der Waals surface area contributed by atoms with Crippen molar-refractivity contribution < 1.29 is 19.1 Å². The number of aryl methyl sites for hydroxylation is 1. The Morgan fingerprint density at radius 1 is 1.10 bits per heavy atom. The highest BCUT2D eigenvalue weighted by Gasteiger charge is 2.32. The molecule has 5 rings (SSSR count). The standard InChI is InChI=1S/C30H39N5O5/c1-19-17-26(39-4)24(28(36)32-19)18-31-29(37)27-21(3)35(25-8-6-5-7-23(25)27)20(2)22-9-11-33(12-10-22)30(38)34-13-15-40-16-14-34/h5-8,17,20,22H,9-16,18H2,1-4H3,(H,31,37)(H,32,36)/t20-/m1/s1. The number of piperidine rings is 1. The number of likely N-dealkylation sites (tertiary alicyclic amines) is 1. The van der Waals surface area contributed by atoms with Gasteiger partial charge in [-0.3, -0.25) is 9.59 Å². The maximum absolute atomic E-state index is 13.6. The Balaban J connectivity index is 1.34. The number of carbonyl (C=O) groups is 2. The second-order valence-corrected chi connectivity index (χ2v) is 10.8. The maximum atomic E-state index is 13.6. The van der Waals surface area contributed by atoms with Gasteiger partial charge < -0.3 is 34.1 Å². The summed E-state index contributed by atoms with van der Waals surface area (Å²) in [5.41, 5.74) is 3.32. The number of methoxy groups -OCH3 is 1. The summed E-state index contributed by atoms with van der Waals surface area (Å²) >= 11 is 0. The van der Waals surface area contributed by atoms with Crippen LogP contribution < -0.4 is 15.6 Å². The van der Waals surface area contributed by atoms with Gasteiger partial charge in [-0.25, -0.2) is 4.79 Å². The fraction of sp³-hybridized carbons (Fsp3) is 0.500. The molecule has 214 valence electrons. The van der Waals surface area contributed by atoms with E-state index in [1.807, 2.05) is 34.9 Å². The van der Waals surface area contributed by atoms with Crippen LogP contribution >= 0.6 is 0 Å². The van der Waals surface area contributed by atoms with Crippen molar-refractivity contribution in [3.63, 3.8) is 0 Å². The summed E-state index contributed by atoms with van der Waals surface area (Å²) < 4.78 is 13.1. The Morgan fingerprint density at radius 2 is 1.77 bits per heavy atom. The number of H-pyrrole nitrogens is 1.